The fraction of sp³-hybridized carbons (Fsp3) is 0.400. The van der Waals surface area contributed by atoms with Gasteiger partial charge in [-0.3, -0.25) is 4.98 Å². The van der Waals surface area contributed by atoms with Gasteiger partial charge in [-0.1, -0.05) is 15.9 Å². The highest BCUT2D eigenvalue weighted by molar-refractivity contribution is 9.08. The summed E-state index contributed by atoms with van der Waals surface area (Å²) in [5.74, 6) is -1.09. The molecule has 3 nitrogen and oxygen atoms in total. The van der Waals surface area contributed by atoms with Gasteiger partial charge in [-0.2, -0.15) is 5.26 Å². The van der Waals surface area contributed by atoms with Gasteiger partial charge in [-0.25, -0.2) is 8.78 Å². The van der Waals surface area contributed by atoms with E-state index < -0.39 is 30.5 Å². The first-order valence-electron chi connectivity index (χ1n) is 4.77. The fourth-order valence-electron chi connectivity index (χ4n) is 1.42. The lowest BCUT2D eigenvalue weighted by atomic mass is 10.0. The largest absolute Gasteiger partial charge is 0.573 e. The molecule has 0 aromatic carbocycles. The number of pyridine rings is 1. The Labute approximate surface area is 113 Å². The highest BCUT2D eigenvalue weighted by Crippen LogP contribution is 2.36. The Kier molecular flexibility index (Phi) is 5.05. The molecule has 0 saturated carbocycles. The Morgan fingerprint density at radius 3 is 2.47 bits per heavy atom. The third-order valence-corrected chi connectivity index (χ3v) is 2.63. The van der Waals surface area contributed by atoms with E-state index in [1.54, 1.807) is 6.07 Å². The number of nitrogens with zero attached hydrogens (tertiary/aromatic N) is 2. The smallest absolute Gasteiger partial charge is 0.404 e. The van der Waals surface area contributed by atoms with Gasteiger partial charge < -0.3 is 4.74 Å². The van der Waals surface area contributed by atoms with Crippen LogP contribution in [0.3, 0.4) is 0 Å². The molecule has 0 radical (unpaired) electrons. The summed E-state index contributed by atoms with van der Waals surface area (Å²) in [6, 6.07) is 1.61. The highest BCUT2D eigenvalue weighted by atomic mass is 79.9. The second kappa shape index (κ2) is 6.14. The summed E-state index contributed by atoms with van der Waals surface area (Å²) in [5, 5.41) is 8.61. The lowest BCUT2D eigenvalue weighted by molar-refractivity contribution is -0.275. The fourth-order valence-corrected chi connectivity index (χ4v) is 1.91. The number of rotatable bonds is 4. The van der Waals surface area contributed by atoms with E-state index >= 15 is 0 Å². The molecule has 0 aliphatic rings. The van der Waals surface area contributed by atoms with Gasteiger partial charge >= 0.3 is 6.36 Å². The maximum Gasteiger partial charge on any atom is 0.573 e. The Morgan fingerprint density at radius 2 is 2.05 bits per heavy atom. The molecule has 0 aliphatic carbocycles. The average Bonchev–Trinajstić information content (AvgIpc) is 2.27. The van der Waals surface area contributed by atoms with Gasteiger partial charge in [-0.15, -0.1) is 13.2 Å². The van der Waals surface area contributed by atoms with E-state index in [9.17, 15) is 22.0 Å². The summed E-state index contributed by atoms with van der Waals surface area (Å²) in [6.45, 7) is 0. The van der Waals surface area contributed by atoms with Crippen LogP contribution in [-0.4, -0.2) is 11.3 Å². The quantitative estimate of drug-likeness (QED) is 0.615. The van der Waals surface area contributed by atoms with E-state index in [-0.39, 0.29) is 16.6 Å². The number of ether oxygens (including phenoxy) is 1. The van der Waals surface area contributed by atoms with E-state index in [0.29, 0.717) is 6.20 Å². The summed E-state index contributed by atoms with van der Waals surface area (Å²) in [7, 11) is 0. The minimum atomic E-state index is -5.11. The molecule has 1 rings (SSSR count). The molecule has 0 aliphatic heterocycles. The van der Waals surface area contributed by atoms with Gasteiger partial charge in [0.15, 0.2) is 5.75 Å². The van der Waals surface area contributed by atoms with Gasteiger partial charge in [0.05, 0.1) is 29.9 Å². The third kappa shape index (κ3) is 4.02. The van der Waals surface area contributed by atoms with Crippen molar-refractivity contribution in [2.45, 2.75) is 24.5 Å². The second-order valence-corrected chi connectivity index (χ2v) is 3.84. The van der Waals surface area contributed by atoms with Gasteiger partial charge in [0.2, 0.25) is 0 Å². The van der Waals surface area contributed by atoms with E-state index in [1.807, 2.05) is 0 Å². The van der Waals surface area contributed by atoms with Crippen molar-refractivity contribution in [2.75, 3.05) is 0 Å². The van der Waals surface area contributed by atoms with E-state index in [4.69, 9.17) is 5.26 Å². The molecular weight excluding hydrogens is 339 g/mol. The van der Waals surface area contributed by atoms with Crippen LogP contribution >= 0.6 is 15.9 Å². The Balaban J connectivity index is 3.41. The Morgan fingerprint density at radius 1 is 1.42 bits per heavy atom. The average molecular weight is 345 g/mol. The van der Waals surface area contributed by atoms with Crippen molar-refractivity contribution in [1.82, 2.24) is 4.98 Å². The van der Waals surface area contributed by atoms with Crippen LogP contribution in [0.15, 0.2) is 6.20 Å². The monoisotopic (exact) mass is 344 g/mol. The summed E-state index contributed by atoms with van der Waals surface area (Å²) < 4.78 is 65.7. The van der Waals surface area contributed by atoms with Crippen LogP contribution in [0, 0.1) is 11.3 Å². The molecule has 104 valence electrons. The zero-order valence-corrected chi connectivity index (χ0v) is 10.7. The standard InChI is InChI=1S/C10H6BrF5N2O/c11-3-6-5(1-2-17)8(9(12)13)7(4-18-6)19-10(14,15)16/h4,9H,1,3H2. The van der Waals surface area contributed by atoms with Crippen molar-refractivity contribution >= 4 is 15.9 Å². The number of nitriles is 1. The molecule has 0 amide bonds. The maximum absolute atomic E-state index is 12.9. The minimum Gasteiger partial charge on any atom is -0.404 e. The van der Waals surface area contributed by atoms with Gasteiger partial charge in [0.25, 0.3) is 6.43 Å². The zero-order chi connectivity index (χ0) is 14.6. The number of halogens is 6. The SMILES string of the molecule is N#CCc1c(CBr)ncc(OC(F)(F)F)c1C(F)F. The number of hydrogen-bond donors (Lipinski definition) is 0. The molecule has 0 unspecified atom stereocenters. The molecule has 0 bridgehead atoms. The Bertz CT molecular complexity index is 498. The summed E-state index contributed by atoms with van der Waals surface area (Å²) >= 11 is 2.97. The number of aromatic nitrogens is 1. The van der Waals surface area contributed by atoms with Crippen LogP contribution < -0.4 is 4.74 Å². The molecule has 1 heterocycles. The molecule has 1 aromatic heterocycles. The first-order valence-corrected chi connectivity index (χ1v) is 5.89. The minimum absolute atomic E-state index is 0.0377. The number of hydrogen-bond acceptors (Lipinski definition) is 3. The van der Waals surface area contributed by atoms with E-state index in [2.05, 4.69) is 25.7 Å². The Hall–Kier alpha value is -1.43. The highest BCUT2D eigenvalue weighted by Gasteiger charge is 2.34. The maximum atomic E-state index is 12.9. The van der Waals surface area contributed by atoms with Crippen molar-refractivity contribution in [3.63, 3.8) is 0 Å². The van der Waals surface area contributed by atoms with Crippen LogP contribution in [0.5, 0.6) is 5.75 Å². The van der Waals surface area contributed by atoms with Crippen LogP contribution in [0.2, 0.25) is 0 Å². The van der Waals surface area contributed by atoms with Crippen molar-refractivity contribution in [3.05, 3.63) is 23.0 Å². The number of alkyl halides is 6. The molecule has 0 fully saturated rings. The van der Waals surface area contributed by atoms with Gasteiger partial charge in [-0.05, 0) is 0 Å². The molecule has 0 spiro atoms. The van der Waals surface area contributed by atoms with Crippen LogP contribution in [0.1, 0.15) is 23.2 Å². The molecule has 0 saturated heterocycles. The topological polar surface area (TPSA) is 45.9 Å². The van der Waals surface area contributed by atoms with Crippen LogP contribution in [0.25, 0.3) is 0 Å². The van der Waals surface area contributed by atoms with Crippen molar-refractivity contribution < 1.29 is 26.7 Å². The zero-order valence-electron chi connectivity index (χ0n) is 9.14. The van der Waals surface area contributed by atoms with Crippen molar-refractivity contribution in [1.29, 1.82) is 5.26 Å². The van der Waals surface area contributed by atoms with Crippen LogP contribution in [-0.2, 0) is 11.8 Å². The third-order valence-electron chi connectivity index (χ3n) is 2.10. The molecule has 0 atom stereocenters. The predicted octanol–water partition coefficient (Wildman–Crippen LogP) is 3.88. The lowest BCUT2D eigenvalue weighted by Crippen LogP contribution is -2.19. The molecule has 9 heteroatoms. The predicted molar refractivity (Wildman–Crippen MR) is 57.8 cm³/mol. The summed E-state index contributed by atoms with van der Waals surface area (Å²) in [5.41, 5.74) is -1.13. The molecule has 19 heavy (non-hydrogen) atoms. The van der Waals surface area contributed by atoms with Gasteiger partial charge in [0.1, 0.15) is 0 Å². The molecule has 1 aromatic rings. The first kappa shape index (κ1) is 15.6. The summed E-state index contributed by atoms with van der Waals surface area (Å²) in [6.07, 6.45) is -8.22. The normalized spacial score (nSPS) is 11.5. The van der Waals surface area contributed by atoms with Crippen LogP contribution in [0.4, 0.5) is 22.0 Å². The van der Waals surface area contributed by atoms with E-state index in [0.717, 1.165) is 0 Å². The summed E-state index contributed by atoms with van der Waals surface area (Å²) in [4.78, 5) is 3.59. The second-order valence-electron chi connectivity index (χ2n) is 3.28. The molecular formula is C10H6BrF5N2O. The molecule has 0 N–H and O–H groups in total. The van der Waals surface area contributed by atoms with Crippen molar-refractivity contribution in [3.8, 4) is 11.8 Å². The van der Waals surface area contributed by atoms with Gasteiger partial charge in [0, 0.05) is 10.9 Å². The van der Waals surface area contributed by atoms with E-state index in [1.165, 1.54) is 0 Å². The van der Waals surface area contributed by atoms with Crippen molar-refractivity contribution in [2.24, 2.45) is 0 Å². The lowest BCUT2D eigenvalue weighted by Gasteiger charge is -2.16. The first-order chi connectivity index (χ1) is 8.80.